The van der Waals surface area contributed by atoms with E-state index in [1.165, 1.54) is 26.4 Å². The number of aliphatic hydroxyl groups is 6. The van der Waals surface area contributed by atoms with Gasteiger partial charge in [0.05, 0.1) is 33.0 Å². The van der Waals surface area contributed by atoms with Gasteiger partial charge in [0.2, 0.25) is 0 Å². The molecule has 42 heavy (non-hydrogen) atoms. The van der Waals surface area contributed by atoms with Gasteiger partial charge in [0.15, 0.2) is 11.7 Å². The van der Waals surface area contributed by atoms with Crippen LogP contribution in [0.1, 0.15) is 11.7 Å². The summed E-state index contributed by atoms with van der Waals surface area (Å²) in [5.41, 5.74) is -0.187. The van der Waals surface area contributed by atoms with Crippen LogP contribution in [0.4, 0.5) is 0 Å². The molecule has 228 valence electrons. The summed E-state index contributed by atoms with van der Waals surface area (Å²) in [4.78, 5) is 13.3. The maximum absolute atomic E-state index is 13.3. The molecule has 2 aromatic carbocycles. The second-order valence-corrected chi connectivity index (χ2v) is 10.0. The summed E-state index contributed by atoms with van der Waals surface area (Å²) in [7, 11) is 2.81. The number of phenols is 1. The number of aromatic hydroxyl groups is 1. The zero-order chi connectivity index (χ0) is 30.3. The fourth-order valence-electron chi connectivity index (χ4n) is 5.16. The third kappa shape index (κ3) is 5.32. The van der Waals surface area contributed by atoms with E-state index in [2.05, 4.69) is 0 Å². The van der Waals surface area contributed by atoms with Gasteiger partial charge in [-0.05, 0) is 24.3 Å². The average Bonchev–Trinajstić information content (AvgIpc) is 2.99. The molecule has 2 fully saturated rings. The molecule has 2 aliphatic heterocycles. The van der Waals surface area contributed by atoms with Crippen molar-refractivity contribution in [2.45, 2.75) is 55.1 Å². The molecule has 9 atom stereocenters. The summed E-state index contributed by atoms with van der Waals surface area (Å²) in [6.07, 6.45) is -14.4. The molecule has 0 aliphatic carbocycles. The Bertz CT molecular complexity index is 1450. The van der Waals surface area contributed by atoms with E-state index in [9.17, 15) is 40.5 Å². The zero-order valence-electron chi connectivity index (χ0n) is 22.6. The summed E-state index contributed by atoms with van der Waals surface area (Å²) >= 11 is 0. The number of rotatable bonds is 7. The van der Waals surface area contributed by atoms with Gasteiger partial charge in [0, 0.05) is 17.7 Å². The number of aliphatic hydroxyl groups excluding tert-OH is 6. The van der Waals surface area contributed by atoms with E-state index in [-0.39, 0.29) is 28.0 Å². The molecule has 0 radical (unpaired) electrons. The van der Waals surface area contributed by atoms with E-state index in [1.54, 1.807) is 24.3 Å². The number of ether oxygens (including phenoxy) is 5. The molecular formula is C28H32O14. The highest BCUT2D eigenvalue weighted by Crippen LogP contribution is 2.45. The van der Waals surface area contributed by atoms with Crippen LogP contribution in [0.2, 0.25) is 0 Å². The second-order valence-electron chi connectivity index (χ2n) is 10.0. The molecule has 7 N–H and O–H groups in total. The van der Waals surface area contributed by atoms with Crippen LogP contribution in [-0.2, 0) is 14.2 Å². The van der Waals surface area contributed by atoms with Crippen LogP contribution < -0.4 is 14.9 Å². The van der Waals surface area contributed by atoms with Crippen LogP contribution in [-0.4, -0.2) is 112 Å². The van der Waals surface area contributed by atoms with Crippen LogP contribution in [0.5, 0.6) is 17.2 Å². The molecule has 3 aromatic rings. The summed E-state index contributed by atoms with van der Waals surface area (Å²) in [5, 5.41) is 72.7. The fourth-order valence-corrected chi connectivity index (χ4v) is 5.16. The van der Waals surface area contributed by atoms with Gasteiger partial charge in [0.1, 0.15) is 82.8 Å². The lowest BCUT2D eigenvalue weighted by Gasteiger charge is -2.44. The SMILES string of the molecule is COc1ccc(-c2cc(=O)c3c(O)c([C@@H]4OC[C@H](O)[C@H](O)C4O[C@@H]4OC(CO)[C@@H](O)[C@H](O)C4O)c(OC)cc3o2)cc1. The first-order valence-corrected chi connectivity index (χ1v) is 13.0. The Hall–Kier alpha value is -3.31. The standard InChI is InChI=1S/C28H32O14/c1-37-12-5-3-11(4-6-12)15-7-13(30)19-17(40-15)8-16(38-2)20(23(19)34)26-27(21(32)14(31)10-39-26)42-28-25(36)24(35)22(33)18(9-29)41-28/h3-8,14,18,21-22,24-29,31-36H,9-10H2,1-2H3/t14-,18?,21-,22+,24-,25?,26-,27?,28-/m0/s1. The van der Waals surface area contributed by atoms with E-state index in [1.807, 2.05) is 0 Å². The van der Waals surface area contributed by atoms with Crippen LogP contribution in [0.25, 0.3) is 22.3 Å². The summed E-state index contributed by atoms with van der Waals surface area (Å²) in [5.74, 6) is 0.188. The molecule has 0 amide bonds. The van der Waals surface area contributed by atoms with Crippen LogP contribution in [0.3, 0.4) is 0 Å². The van der Waals surface area contributed by atoms with E-state index >= 15 is 0 Å². The molecule has 2 saturated heterocycles. The highest BCUT2D eigenvalue weighted by atomic mass is 16.7. The minimum absolute atomic E-state index is 0.0192. The highest BCUT2D eigenvalue weighted by molar-refractivity contribution is 5.88. The number of hydrogen-bond acceptors (Lipinski definition) is 14. The molecule has 14 heteroatoms. The molecule has 0 saturated carbocycles. The number of benzene rings is 2. The number of phenolic OH excluding ortho intramolecular Hbond substituents is 1. The lowest BCUT2D eigenvalue weighted by Crippen LogP contribution is -2.61. The smallest absolute Gasteiger partial charge is 0.197 e. The first kappa shape index (κ1) is 30.2. The van der Waals surface area contributed by atoms with Crippen LogP contribution in [0.15, 0.2) is 45.6 Å². The van der Waals surface area contributed by atoms with Gasteiger partial charge in [-0.25, -0.2) is 0 Å². The van der Waals surface area contributed by atoms with Crippen molar-refractivity contribution in [1.82, 2.24) is 0 Å². The normalized spacial score (nSPS) is 31.7. The first-order chi connectivity index (χ1) is 20.1. The second kappa shape index (κ2) is 12.1. The summed E-state index contributed by atoms with van der Waals surface area (Å²) in [6.45, 7) is -1.14. The first-order valence-electron chi connectivity index (χ1n) is 13.0. The third-order valence-electron chi connectivity index (χ3n) is 7.49. The van der Waals surface area contributed by atoms with Crippen molar-refractivity contribution >= 4 is 11.0 Å². The Morgan fingerprint density at radius 2 is 1.64 bits per heavy atom. The average molecular weight is 593 g/mol. The largest absolute Gasteiger partial charge is 0.506 e. The minimum Gasteiger partial charge on any atom is -0.506 e. The lowest BCUT2D eigenvalue weighted by atomic mass is 9.91. The van der Waals surface area contributed by atoms with E-state index in [4.69, 9.17) is 28.1 Å². The van der Waals surface area contributed by atoms with Crippen molar-refractivity contribution < 1.29 is 63.8 Å². The van der Waals surface area contributed by atoms with E-state index in [0.29, 0.717) is 11.3 Å². The lowest BCUT2D eigenvalue weighted by molar-refractivity contribution is -0.336. The molecule has 5 rings (SSSR count). The summed E-state index contributed by atoms with van der Waals surface area (Å²) < 4.78 is 33.5. The minimum atomic E-state index is -1.83. The van der Waals surface area contributed by atoms with Crippen molar-refractivity contribution in [1.29, 1.82) is 0 Å². The fraction of sp³-hybridized carbons (Fsp3) is 0.464. The number of fused-ring (bicyclic) bond motifs is 1. The Labute approximate surface area is 238 Å². The molecule has 3 unspecified atom stereocenters. The summed E-state index contributed by atoms with van der Waals surface area (Å²) in [6, 6.07) is 9.32. The number of methoxy groups -OCH3 is 2. The van der Waals surface area contributed by atoms with E-state index < -0.39 is 79.5 Å². The van der Waals surface area contributed by atoms with Crippen molar-refractivity contribution in [3.8, 4) is 28.6 Å². The van der Waals surface area contributed by atoms with Gasteiger partial charge in [-0.2, -0.15) is 0 Å². The van der Waals surface area contributed by atoms with Gasteiger partial charge in [-0.3, -0.25) is 4.79 Å². The molecule has 3 heterocycles. The van der Waals surface area contributed by atoms with Crippen LogP contribution >= 0.6 is 0 Å². The van der Waals surface area contributed by atoms with Crippen LogP contribution in [0, 0.1) is 0 Å². The third-order valence-corrected chi connectivity index (χ3v) is 7.49. The van der Waals surface area contributed by atoms with Crippen molar-refractivity contribution in [2.75, 3.05) is 27.4 Å². The molecule has 2 aliphatic rings. The molecule has 1 aromatic heterocycles. The molecule has 0 spiro atoms. The highest BCUT2D eigenvalue weighted by Gasteiger charge is 2.49. The Balaban J connectivity index is 1.56. The Kier molecular flexibility index (Phi) is 8.71. The van der Waals surface area contributed by atoms with E-state index in [0.717, 1.165) is 0 Å². The molecule has 14 nitrogen and oxygen atoms in total. The van der Waals surface area contributed by atoms with Gasteiger partial charge in [0.25, 0.3) is 0 Å². The van der Waals surface area contributed by atoms with Gasteiger partial charge in [-0.1, -0.05) is 0 Å². The predicted molar refractivity (Wildman–Crippen MR) is 142 cm³/mol. The molecular weight excluding hydrogens is 560 g/mol. The van der Waals surface area contributed by atoms with Gasteiger partial charge < -0.3 is 63.8 Å². The maximum atomic E-state index is 13.3. The topological polar surface area (TPSA) is 218 Å². The van der Waals surface area contributed by atoms with Gasteiger partial charge in [-0.15, -0.1) is 0 Å². The predicted octanol–water partition coefficient (Wildman–Crippen LogP) is -0.839. The van der Waals surface area contributed by atoms with Crippen molar-refractivity contribution in [2.24, 2.45) is 0 Å². The maximum Gasteiger partial charge on any atom is 0.197 e. The Morgan fingerprint density at radius 3 is 2.29 bits per heavy atom. The van der Waals surface area contributed by atoms with Crippen molar-refractivity contribution in [3.63, 3.8) is 0 Å². The number of hydrogen-bond donors (Lipinski definition) is 7. The van der Waals surface area contributed by atoms with Gasteiger partial charge >= 0.3 is 0 Å². The van der Waals surface area contributed by atoms with Crippen molar-refractivity contribution in [3.05, 3.63) is 52.2 Å². The Morgan fingerprint density at radius 1 is 0.929 bits per heavy atom. The monoisotopic (exact) mass is 592 g/mol. The molecule has 0 bridgehead atoms. The zero-order valence-corrected chi connectivity index (χ0v) is 22.6. The quantitative estimate of drug-likeness (QED) is 0.178.